The summed E-state index contributed by atoms with van der Waals surface area (Å²) in [7, 11) is 0. The first kappa shape index (κ1) is 15.6. The Bertz CT molecular complexity index is 514. The molecule has 0 spiro atoms. The number of rotatable bonds is 5. The predicted molar refractivity (Wildman–Crippen MR) is 69.2 cm³/mol. The number of alkyl halides is 3. The molecule has 1 aliphatic heterocycles. The first-order valence-corrected chi connectivity index (χ1v) is 6.57. The van der Waals surface area contributed by atoms with Crippen LogP contribution in [0.15, 0.2) is 18.2 Å². The number of benzene rings is 1. The molecule has 1 N–H and O–H groups in total. The molecule has 1 aromatic rings. The molecule has 1 fully saturated rings. The molecule has 0 aromatic heterocycles. The molecule has 2 rings (SSSR count). The maximum absolute atomic E-state index is 12.5. The van der Waals surface area contributed by atoms with Gasteiger partial charge in [0.05, 0.1) is 17.1 Å². The molecule has 0 radical (unpaired) electrons. The molecule has 0 amide bonds. The van der Waals surface area contributed by atoms with Gasteiger partial charge in [-0.2, -0.15) is 13.2 Å². The molecule has 21 heavy (non-hydrogen) atoms. The van der Waals surface area contributed by atoms with Gasteiger partial charge in [-0.3, -0.25) is 10.1 Å². The van der Waals surface area contributed by atoms with Crippen LogP contribution in [0.2, 0.25) is 0 Å². The monoisotopic (exact) mass is 304 g/mol. The molecule has 1 saturated heterocycles. The molecule has 116 valence electrons. The zero-order valence-electron chi connectivity index (χ0n) is 11.2. The van der Waals surface area contributed by atoms with Crippen molar-refractivity contribution < 1.29 is 22.8 Å². The number of nitro groups is 1. The van der Waals surface area contributed by atoms with E-state index in [1.54, 1.807) is 0 Å². The van der Waals surface area contributed by atoms with Gasteiger partial charge in [0.15, 0.2) is 5.75 Å². The predicted octanol–water partition coefficient (Wildman–Crippen LogP) is 2.99. The standard InChI is InChI=1S/C13H15F3N2O3/c14-13(15,16)10-1-2-12(11(7-10)18(19)20)21-6-4-9-3-5-17-8-9/h1-2,7,9,17H,3-6,8H2. The van der Waals surface area contributed by atoms with Crippen molar-refractivity contribution in [1.82, 2.24) is 5.32 Å². The minimum Gasteiger partial charge on any atom is -0.487 e. The van der Waals surface area contributed by atoms with Crippen LogP contribution in [-0.2, 0) is 6.18 Å². The van der Waals surface area contributed by atoms with Crippen molar-refractivity contribution in [2.45, 2.75) is 19.0 Å². The number of nitro benzene ring substituents is 1. The van der Waals surface area contributed by atoms with Crippen molar-refractivity contribution in [2.75, 3.05) is 19.7 Å². The van der Waals surface area contributed by atoms with Gasteiger partial charge in [-0.1, -0.05) is 0 Å². The van der Waals surface area contributed by atoms with Gasteiger partial charge in [0.25, 0.3) is 0 Å². The van der Waals surface area contributed by atoms with Crippen LogP contribution in [0.25, 0.3) is 0 Å². The van der Waals surface area contributed by atoms with Crippen molar-refractivity contribution in [3.8, 4) is 5.75 Å². The summed E-state index contributed by atoms with van der Waals surface area (Å²) in [5.74, 6) is 0.317. The zero-order chi connectivity index (χ0) is 15.5. The van der Waals surface area contributed by atoms with Gasteiger partial charge in [0.1, 0.15) is 0 Å². The average molecular weight is 304 g/mol. The van der Waals surface area contributed by atoms with E-state index >= 15 is 0 Å². The van der Waals surface area contributed by atoms with Crippen LogP contribution >= 0.6 is 0 Å². The summed E-state index contributed by atoms with van der Waals surface area (Å²) in [5, 5.41) is 14.1. The smallest absolute Gasteiger partial charge is 0.416 e. The summed E-state index contributed by atoms with van der Waals surface area (Å²) in [6.07, 6.45) is -2.89. The van der Waals surface area contributed by atoms with E-state index < -0.39 is 22.4 Å². The van der Waals surface area contributed by atoms with Crippen LogP contribution in [0.4, 0.5) is 18.9 Å². The highest BCUT2D eigenvalue weighted by atomic mass is 19.4. The molecule has 1 atom stereocenters. The molecule has 0 aliphatic carbocycles. The Labute approximate surface area is 119 Å². The van der Waals surface area contributed by atoms with Crippen molar-refractivity contribution in [3.05, 3.63) is 33.9 Å². The minimum atomic E-state index is -4.61. The van der Waals surface area contributed by atoms with Crippen LogP contribution in [0.5, 0.6) is 5.75 Å². The van der Waals surface area contributed by atoms with Gasteiger partial charge >= 0.3 is 11.9 Å². The molecular formula is C13H15F3N2O3. The Morgan fingerprint density at radius 3 is 2.76 bits per heavy atom. The quantitative estimate of drug-likeness (QED) is 0.671. The first-order valence-electron chi connectivity index (χ1n) is 6.57. The van der Waals surface area contributed by atoms with Gasteiger partial charge in [-0.05, 0) is 44.0 Å². The maximum Gasteiger partial charge on any atom is 0.416 e. The largest absolute Gasteiger partial charge is 0.487 e. The van der Waals surface area contributed by atoms with E-state index in [1.165, 1.54) is 0 Å². The summed E-state index contributed by atoms with van der Waals surface area (Å²) < 4.78 is 42.9. The molecule has 0 saturated carbocycles. The highest BCUT2D eigenvalue weighted by molar-refractivity contribution is 5.49. The molecule has 1 aliphatic rings. The van der Waals surface area contributed by atoms with Crippen molar-refractivity contribution >= 4 is 5.69 Å². The van der Waals surface area contributed by atoms with Crippen LogP contribution in [0, 0.1) is 16.0 Å². The van der Waals surface area contributed by atoms with Crippen LogP contribution < -0.4 is 10.1 Å². The second-order valence-corrected chi connectivity index (χ2v) is 4.93. The lowest BCUT2D eigenvalue weighted by molar-refractivity contribution is -0.386. The van der Waals surface area contributed by atoms with Gasteiger partial charge in [-0.25, -0.2) is 0 Å². The van der Waals surface area contributed by atoms with E-state index in [0.717, 1.165) is 31.6 Å². The van der Waals surface area contributed by atoms with E-state index in [9.17, 15) is 23.3 Å². The molecule has 5 nitrogen and oxygen atoms in total. The molecular weight excluding hydrogens is 289 g/mol. The highest BCUT2D eigenvalue weighted by Crippen LogP contribution is 2.36. The summed E-state index contributed by atoms with van der Waals surface area (Å²) in [5.41, 5.74) is -1.71. The number of hydrogen-bond donors (Lipinski definition) is 1. The Kier molecular flexibility index (Phi) is 4.66. The van der Waals surface area contributed by atoms with Crippen molar-refractivity contribution in [1.29, 1.82) is 0 Å². The lowest BCUT2D eigenvalue weighted by Gasteiger charge is -2.12. The lowest BCUT2D eigenvalue weighted by Crippen LogP contribution is -2.12. The Morgan fingerprint density at radius 1 is 1.43 bits per heavy atom. The van der Waals surface area contributed by atoms with Gasteiger partial charge in [0, 0.05) is 6.07 Å². The molecule has 1 aromatic carbocycles. The maximum atomic E-state index is 12.5. The third-order valence-electron chi connectivity index (χ3n) is 3.43. The molecule has 8 heteroatoms. The Hall–Kier alpha value is -1.83. The number of hydrogen-bond acceptors (Lipinski definition) is 4. The number of nitrogens with zero attached hydrogens (tertiary/aromatic N) is 1. The highest BCUT2D eigenvalue weighted by Gasteiger charge is 2.33. The summed E-state index contributed by atoms with van der Waals surface area (Å²) in [4.78, 5) is 10.0. The van der Waals surface area contributed by atoms with E-state index in [4.69, 9.17) is 4.74 Å². The Morgan fingerprint density at radius 2 is 2.19 bits per heavy atom. The number of ether oxygens (including phenoxy) is 1. The fraction of sp³-hybridized carbons (Fsp3) is 0.538. The van der Waals surface area contributed by atoms with Gasteiger partial charge in [-0.15, -0.1) is 0 Å². The fourth-order valence-electron chi connectivity index (χ4n) is 2.25. The fourth-order valence-corrected chi connectivity index (χ4v) is 2.25. The minimum absolute atomic E-state index is 0.126. The van der Waals surface area contributed by atoms with Gasteiger partial charge < -0.3 is 10.1 Å². The molecule has 1 unspecified atom stereocenters. The second-order valence-electron chi connectivity index (χ2n) is 4.93. The van der Waals surface area contributed by atoms with Crippen LogP contribution in [0.3, 0.4) is 0 Å². The topological polar surface area (TPSA) is 64.4 Å². The van der Waals surface area contributed by atoms with E-state index in [1.807, 2.05) is 0 Å². The average Bonchev–Trinajstić information content (AvgIpc) is 2.90. The summed E-state index contributed by atoms with van der Waals surface area (Å²) >= 11 is 0. The van der Waals surface area contributed by atoms with E-state index in [2.05, 4.69) is 5.32 Å². The second kappa shape index (κ2) is 6.30. The number of halogens is 3. The van der Waals surface area contributed by atoms with E-state index in [0.29, 0.717) is 18.4 Å². The number of nitrogens with one attached hydrogen (secondary N) is 1. The Balaban J connectivity index is 2.05. The first-order chi connectivity index (χ1) is 9.88. The van der Waals surface area contributed by atoms with Gasteiger partial charge in [0.2, 0.25) is 0 Å². The lowest BCUT2D eigenvalue weighted by atomic mass is 10.1. The summed E-state index contributed by atoms with van der Waals surface area (Å²) in [6.45, 7) is 2.06. The molecule has 1 heterocycles. The SMILES string of the molecule is O=[N+]([O-])c1cc(C(F)(F)F)ccc1OCCC1CCNC1. The zero-order valence-corrected chi connectivity index (χ0v) is 11.2. The molecule has 0 bridgehead atoms. The third-order valence-corrected chi connectivity index (χ3v) is 3.43. The van der Waals surface area contributed by atoms with Crippen LogP contribution in [0.1, 0.15) is 18.4 Å². The van der Waals surface area contributed by atoms with Crippen molar-refractivity contribution in [3.63, 3.8) is 0 Å². The third kappa shape index (κ3) is 4.07. The summed E-state index contributed by atoms with van der Waals surface area (Å²) in [6, 6.07) is 2.31. The van der Waals surface area contributed by atoms with Crippen molar-refractivity contribution in [2.24, 2.45) is 5.92 Å². The van der Waals surface area contributed by atoms with E-state index in [-0.39, 0.29) is 12.4 Å². The van der Waals surface area contributed by atoms with Crippen LogP contribution in [-0.4, -0.2) is 24.6 Å². The normalized spacial score (nSPS) is 18.7.